The van der Waals surface area contributed by atoms with E-state index in [-0.39, 0.29) is 5.69 Å². The highest BCUT2D eigenvalue weighted by molar-refractivity contribution is 7.14. The molecule has 1 aromatic heterocycles. The van der Waals surface area contributed by atoms with Gasteiger partial charge in [-0.3, -0.25) is 0 Å². The molecule has 0 unspecified atom stereocenters. The Morgan fingerprint density at radius 1 is 1.35 bits per heavy atom. The van der Waals surface area contributed by atoms with Gasteiger partial charge in [-0.1, -0.05) is 23.2 Å². The smallest absolute Gasteiger partial charge is 0.357 e. The molecule has 1 heterocycles. The summed E-state index contributed by atoms with van der Waals surface area (Å²) in [6, 6.07) is 4.96. The second kappa shape index (κ2) is 4.91. The fourth-order valence-corrected chi connectivity index (χ4v) is 2.18. The van der Waals surface area contributed by atoms with Crippen LogP contribution in [0.2, 0.25) is 10.0 Å². The molecule has 88 valence electrons. The van der Waals surface area contributed by atoms with Gasteiger partial charge in [0.05, 0.1) is 15.6 Å². The number of hydrogen-bond acceptors (Lipinski definition) is 4. The van der Waals surface area contributed by atoms with Gasteiger partial charge in [0, 0.05) is 5.69 Å². The Labute approximate surface area is 111 Å². The molecule has 0 radical (unpaired) electrons. The average Bonchev–Trinajstić information content (AvgIpc) is 2.72. The standard InChI is InChI=1S/C10H6Cl2N2O2S/c11-6-2-1-5(3-7(6)12)14-9-8(10(15)16)13-4-17-9/h1-4,14H,(H,15,16). The molecule has 1 aromatic carbocycles. The molecule has 0 atom stereocenters. The van der Waals surface area contributed by atoms with E-state index in [2.05, 4.69) is 10.3 Å². The van der Waals surface area contributed by atoms with Crippen molar-refractivity contribution in [1.29, 1.82) is 0 Å². The minimum absolute atomic E-state index is 0.0129. The molecule has 0 aliphatic carbocycles. The summed E-state index contributed by atoms with van der Waals surface area (Å²) >= 11 is 12.8. The molecule has 0 aliphatic rings. The van der Waals surface area contributed by atoms with E-state index in [1.54, 1.807) is 18.2 Å². The molecule has 2 N–H and O–H groups in total. The van der Waals surface area contributed by atoms with Gasteiger partial charge in [-0.05, 0) is 18.2 Å². The average molecular weight is 289 g/mol. The monoisotopic (exact) mass is 288 g/mol. The zero-order chi connectivity index (χ0) is 12.4. The van der Waals surface area contributed by atoms with Crippen molar-refractivity contribution >= 4 is 51.2 Å². The molecule has 0 fully saturated rings. The molecular weight excluding hydrogens is 283 g/mol. The zero-order valence-electron chi connectivity index (χ0n) is 8.28. The minimum atomic E-state index is -1.08. The predicted octanol–water partition coefficient (Wildman–Crippen LogP) is 3.89. The van der Waals surface area contributed by atoms with Crippen LogP contribution in [0.3, 0.4) is 0 Å². The molecule has 0 bridgehead atoms. The van der Waals surface area contributed by atoms with Gasteiger partial charge in [0.2, 0.25) is 0 Å². The van der Waals surface area contributed by atoms with E-state index in [1.807, 2.05) is 0 Å². The second-order valence-corrected chi connectivity index (χ2v) is 4.76. The topological polar surface area (TPSA) is 62.2 Å². The molecule has 0 spiro atoms. The highest BCUT2D eigenvalue weighted by atomic mass is 35.5. The molecule has 17 heavy (non-hydrogen) atoms. The number of nitrogens with zero attached hydrogens (tertiary/aromatic N) is 1. The van der Waals surface area contributed by atoms with Gasteiger partial charge >= 0.3 is 5.97 Å². The van der Waals surface area contributed by atoms with E-state index >= 15 is 0 Å². The normalized spacial score (nSPS) is 10.2. The molecule has 2 rings (SSSR count). The van der Waals surface area contributed by atoms with Crippen LogP contribution in [-0.2, 0) is 0 Å². The van der Waals surface area contributed by atoms with Crippen molar-refractivity contribution in [3.63, 3.8) is 0 Å². The molecule has 0 amide bonds. The Balaban J connectivity index is 2.28. The van der Waals surface area contributed by atoms with Crippen LogP contribution >= 0.6 is 34.5 Å². The molecule has 4 nitrogen and oxygen atoms in total. The van der Waals surface area contributed by atoms with Crippen LogP contribution in [0.1, 0.15) is 10.5 Å². The quantitative estimate of drug-likeness (QED) is 0.899. The van der Waals surface area contributed by atoms with Crippen LogP contribution in [0.4, 0.5) is 10.7 Å². The van der Waals surface area contributed by atoms with Crippen LogP contribution < -0.4 is 5.32 Å². The number of carbonyl (C=O) groups is 1. The van der Waals surface area contributed by atoms with Gasteiger partial charge in [0.15, 0.2) is 5.69 Å². The Morgan fingerprint density at radius 3 is 2.76 bits per heavy atom. The van der Waals surface area contributed by atoms with E-state index in [0.29, 0.717) is 20.7 Å². The largest absolute Gasteiger partial charge is 0.476 e. The van der Waals surface area contributed by atoms with Gasteiger partial charge < -0.3 is 10.4 Å². The molecule has 0 saturated heterocycles. The summed E-state index contributed by atoms with van der Waals surface area (Å²) in [5, 5.41) is 13.1. The number of carboxylic acid groups (broad SMARTS) is 1. The first-order valence-electron chi connectivity index (χ1n) is 4.47. The van der Waals surface area contributed by atoms with Crippen LogP contribution in [0, 0.1) is 0 Å². The van der Waals surface area contributed by atoms with E-state index in [4.69, 9.17) is 28.3 Å². The fraction of sp³-hybridized carbons (Fsp3) is 0. The van der Waals surface area contributed by atoms with Crippen molar-refractivity contribution in [2.24, 2.45) is 0 Å². The number of nitrogens with one attached hydrogen (secondary N) is 1. The summed E-state index contributed by atoms with van der Waals surface area (Å²) in [4.78, 5) is 14.6. The van der Waals surface area contributed by atoms with Crippen LogP contribution in [-0.4, -0.2) is 16.1 Å². The van der Waals surface area contributed by atoms with Crippen LogP contribution in [0.25, 0.3) is 0 Å². The maximum atomic E-state index is 10.9. The van der Waals surface area contributed by atoms with E-state index < -0.39 is 5.97 Å². The van der Waals surface area contributed by atoms with Crippen molar-refractivity contribution < 1.29 is 9.90 Å². The summed E-state index contributed by atoms with van der Waals surface area (Å²) < 4.78 is 0. The zero-order valence-corrected chi connectivity index (χ0v) is 10.6. The highest BCUT2D eigenvalue weighted by Gasteiger charge is 2.13. The Hall–Kier alpha value is -1.30. The Kier molecular flexibility index (Phi) is 3.51. The summed E-state index contributed by atoms with van der Waals surface area (Å²) in [6.45, 7) is 0. The lowest BCUT2D eigenvalue weighted by Gasteiger charge is -2.05. The van der Waals surface area contributed by atoms with Crippen LogP contribution in [0.15, 0.2) is 23.7 Å². The number of aromatic carboxylic acids is 1. The van der Waals surface area contributed by atoms with Gasteiger partial charge in [-0.15, -0.1) is 11.3 Å². The first kappa shape index (κ1) is 12.2. The highest BCUT2D eigenvalue weighted by Crippen LogP contribution is 2.29. The number of carboxylic acids is 1. The third kappa shape index (κ3) is 2.69. The summed E-state index contributed by atoms with van der Waals surface area (Å²) in [6.07, 6.45) is 0. The fourth-order valence-electron chi connectivity index (χ4n) is 1.19. The van der Waals surface area contributed by atoms with Crippen molar-refractivity contribution in [2.75, 3.05) is 5.32 Å². The number of aromatic nitrogens is 1. The van der Waals surface area contributed by atoms with Crippen molar-refractivity contribution in [3.8, 4) is 0 Å². The number of hydrogen-bond donors (Lipinski definition) is 2. The number of halogens is 2. The maximum absolute atomic E-state index is 10.9. The van der Waals surface area contributed by atoms with E-state index in [1.165, 1.54) is 16.8 Å². The SMILES string of the molecule is O=C(O)c1ncsc1Nc1ccc(Cl)c(Cl)c1. The molecule has 7 heteroatoms. The summed E-state index contributed by atoms with van der Waals surface area (Å²) in [5.74, 6) is -1.08. The number of benzene rings is 1. The van der Waals surface area contributed by atoms with Crippen molar-refractivity contribution in [1.82, 2.24) is 4.98 Å². The Bertz CT molecular complexity index is 571. The lowest BCUT2D eigenvalue weighted by atomic mass is 10.3. The summed E-state index contributed by atoms with van der Waals surface area (Å²) in [7, 11) is 0. The van der Waals surface area contributed by atoms with E-state index in [0.717, 1.165) is 0 Å². The van der Waals surface area contributed by atoms with Crippen LogP contribution in [0.5, 0.6) is 0 Å². The number of rotatable bonds is 3. The molecule has 0 aliphatic heterocycles. The third-order valence-corrected chi connectivity index (χ3v) is 3.43. The minimum Gasteiger partial charge on any atom is -0.476 e. The first-order chi connectivity index (χ1) is 8.08. The number of thiazole rings is 1. The van der Waals surface area contributed by atoms with Gasteiger partial charge in [-0.2, -0.15) is 0 Å². The van der Waals surface area contributed by atoms with Gasteiger partial charge in [0.25, 0.3) is 0 Å². The molecular formula is C10H6Cl2N2O2S. The maximum Gasteiger partial charge on any atom is 0.357 e. The van der Waals surface area contributed by atoms with Crippen molar-refractivity contribution in [2.45, 2.75) is 0 Å². The summed E-state index contributed by atoms with van der Waals surface area (Å²) in [5.41, 5.74) is 2.11. The third-order valence-electron chi connectivity index (χ3n) is 1.95. The molecule has 0 saturated carbocycles. The lowest BCUT2D eigenvalue weighted by Crippen LogP contribution is -2.00. The van der Waals surface area contributed by atoms with Crippen molar-refractivity contribution in [3.05, 3.63) is 39.4 Å². The predicted molar refractivity (Wildman–Crippen MR) is 68.8 cm³/mol. The Morgan fingerprint density at radius 2 is 2.12 bits per heavy atom. The van der Waals surface area contributed by atoms with Gasteiger partial charge in [0.1, 0.15) is 5.00 Å². The lowest BCUT2D eigenvalue weighted by molar-refractivity contribution is 0.0692. The number of anilines is 2. The first-order valence-corrected chi connectivity index (χ1v) is 6.10. The van der Waals surface area contributed by atoms with Gasteiger partial charge in [-0.25, -0.2) is 9.78 Å². The molecule has 2 aromatic rings. The second-order valence-electron chi connectivity index (χ2n) is 3.09. The van der Waals surface area contributed by atoms with E-state index in [9.17, 15) is 4.79 Å².